The molecule has 2 N–H and O–H groups in total. The Balaban J connectivity index is 1.40. The van der Waals surface area contributed by atoms with Gasteiger partial charge in [-0.25, -0.2) is 0 Å². The molecule has 3 heterocycles. The summed E-state index contributed by atoms with van der Waals surface area (Å²) in [5, 5.41) is 11.1. The van der Waals surface area contributed by atoms with Crippen molar-refractivity contribution in [2.75, 3.05) is 18.5 Å². The molecule has 0 bridgehead atoms. The maximum Gasteiger partial charge on any atom is 0.230 e. The predicted octanol–water partition coefficient (Wildman–Crippen LogP) is 3.03. The highest BCUT2D eigenvalue weighted by atomic mass is 16.5. The molecule has 0 saturated carbocycles. The van der Waals surface area contributed by atoms with Gasteiger partial charge in [0, 0.05) is 42.5 Å². The minimum atomic E-state index is -0.0953. The Morgan fingerprint density at radius 3 is 2.96 bits per heavy atom. The van der Waals surface area contributed by atoms with Gasteiger partial charge in [0.2, 0.25) is 5.91 Å². The van der Waals surface area contributed by atoms with E-state index >= 15 is 0 Å². The number of rotatable bonds is 4. The molecule has 1 aliphatic heterocycles. The number of fused-ring (bicyclic) bond motifs is 1. The molecule has 2 aromatic heterocycles. The number of carbonyl (C=O) groups excluding carboxylic acids is 1. The summed E-state index contributed by atoms with van der Waals surface area (Å²) in [6.07, 6.45) is 3.99. The number of H-pyrrole nitrogens is 1. The Morgan fingerprint density at radius 1 is 1.24 bits per heavy atom. The Hall–Kier alpha value is -2.73. The van der Waals surface area contributed by atoms with Gasteiger partial charge in [0.1, 0.15) is 0 Å². The van der Waals surface area contributed by atoms with Gasteiger partial charge in [-0.2, -0.15) is 5.10 Å². The number of pyridine rings is 1. The van der Waals surface area contributed by atoms with E-state index in [1.807, 2.05) is 36.4 Å². The first-order valence-corrected chi connectivity index (χ1v) is 8.54. The second kappa shape index (κ2) is 7.03. The Labute approximate surface area is 145 Å². The molecule has 0 atom stereocenters. The van der Waals surface area contributed by atoms with Crippen LogP contribution >= 0.6 is 0 Å². The molecule has 1 fully saturated rings. The van der Waals surface area contributed by atoms with E-state index in [2.05, 4.69) is 20.5 Å². The number of hydrogen-bond donors (Lipinski definition) is 2. The van der Waals surface area contributed by atoms with E-state index in [0.717, 1.165) is 48.2 Å². The largest absolute Gasteiger partial charge is 0.381 e. The van der Waals surface area contributed by atoms with Crippen LogP contribution in [0.2, 0.25) is 0 Å². The maximum absolute atomic E-state index is 12.3. The number of anilines is 1. The minimum Gasteiger partial charge on any atom is -0.381 e. The molecule has 3 aromatic rings. The summed E-state index contributed by atoms with van der Waals surface area (Å²) in [5.41, 5.74) is 2.88. The Morgan fingerprint density at radius 2 is 2.08 bits per heavy atom. The molecular formula is C19H20N4O2. The zero-order valence-corrected chi connectivity index (χ0v) is 13.9. The summed E-state index contributed by atoms with van der Waals surface area (Å²) >= 11 is 0. The van der Waals surface area contributed by atoms with Crippen molar-refractivity contribution in [3.8, 4) is 0 Å². The molecule has 0 radical (unpaired) electrons. The van der Waals surface area contributed by atoms with E-state index in [1.54, 1.807) is 6.20 Å². The summed E-state index contributed by atoms with van der Waals surface area (Å²) < 4.78 is 5.38. The quantitative estimate of drug-likeness (QED) is 0.767. The summed E-state index contributed by atoms with van der Waals surface area (Å²) in [6.45, 7) is 1.56. The Bertz CT molecular complexity index is 884. The van der Waals surface area contributed by atoms with Crippen LogP contribution in [0.3, 0.4) is 0 Å². The molecule has 128 valence electrons. The van der Waals surface area contributed by atoms with E-state index in [0.29, 0.717) is 11.7 Å². The third-order valence-electron chi connectivity index (χ3n) is 4.54. The van der Waals surface area contributed by atoms with Crippen molar-refractivity contribution in [3.05, 3.63) is 53.9 Å². The summed E-state index contributed by atoms with van der Waals surface area (Å²) in [5.74, 6) is 0.902. The molecule has 0 aliphatic carbocycles. The van der Waals surface area contributed by atoms with E-state index in [9.17, 15) is 4.79 Å². The van der Waals surface area contributed by atoms with Crippen LogP contribution in [0.4, 0.5) is 5.82 Å². The van der Waals surface area contributed by atoms with Crippen LogP contribution in [-0.2, 0) is 16.0 Å². The zero-order valence-electron chi connectivity index (χ0n) is 13.9. The highest BCUT2D eigenvalue weighted by Gasteiger charge is 2.18. The number of ether oxygens (including phenoxy) is 1. The van der Waals surface area contributed by atoms with Gasteiger partial charge in [-0.15, -0.1) is 0 Å². The molecule has 1 aromatic carbocycles. The molecule has 4 rings (SSSR count). The SMILES string of the molecule is O=C(Cc1cnc2ccccc2c1)Nc1cc(C2CCOCC2)[nH]n1. The van der Waals surface area contributed by atoms with Gasteiger partial charge in [0.15, 0.2) is 5.82 Å². The lowest BCUT2D eigenvalue weighted by molar-refractivity contribution is -0.115. The summed E-state index contributed by atoms with van der Waals surface area (Å²) in [6, 6.07) is 11.8. The molecule has 0 unspecified atom stereocenters. The van der Waals surface area contributed by atoms with Gasteiger partial charge in [0.25, 0.3) is 0 Å². The second-order valence-electron chi connectivity index (χ2n) is 6.36. The fourth-order valence-electron chi connectivity index (χ4n) is 3.20. The highest BCUT2D eigenvalue weighted by Crippen LogP contribution is 2.26. The number of nitrogens with zero attached hydrogens (tertiary/aromatic N) is 2. The lowest BCUT2D eigenvalue weighted by Gasteiger charge is -2.20. The van der Waals surface area contributed by atoms with Gasteiger partial charge in [0.05, 0.1) is 11.9 Å². The number of nitrogens with one attached hydrogen (secondary N) is 2. The van der Waals surface area contributed by atoms with Crippen molar-refractivity contribution in [2.24, 2.45) is 0 Å². The third-order valence-corrected chi connectivity index (χ3v) is 4.54. The van der Waals surface area contributed by atoms with Crippen LogP contribution in [0.5, 0.6) is 0 Å². The number of amides is 1. The molecule has 1 aliphatic rings. The average molecular weight is 336 g/mol. The summed E-state index contributed by atoms with van der Waals surface area (Å²) in [7, 11) is 0. The molecule has 25 heavy (non-hydrogen) atoms. The fourth-order valence-corrected chi connectivity index (χ4v) is 3.20. The van der Waals surface area contributed by atoms with Crippen molar-refractivity contribution in [1.82, 2.24) is 15.2 Å². The van der Waals surface area contributed by atoms with Crippen molar-refractivity contribution < 1.29 is 9.53 Å². The second-order valence-corrected chi connectivity index (χ2v) is 6.36. The van der Waals surface area contributed by atoms with Gasteiger partial charge >= 0.3 is 0 Å². The van der Waals surface area contributed by atoms with E-state index < -0.39 is 0 Å². The standard InChI is InChI=1S/C19H20N4O2/c24-19(10-13-9-15-3-1-2-4-16(15)20-12-13)21-18-11-17(22-23-18)14-5-7-25-8-6-14/h1-4,9,11-12,14H,5-8,10H2,(H2,21,22,23,24). The molecule has 6 heteroatoms. The van der Waals surface area contributed by atoms with Gasteiger partial charge in [-0.3, -0.25) is 14.9 Å². The fraction of sp³-hybridized carbons (Fsp3) is 0.316. The van der Waals surface area contributed by atoms with Crippen LogP contribution in [0.25, 0.3) is 10.9 Å². The lowest BCUT2D eigenvalue weighted by Crippen LogP contribution is -2.15. The third kappa shape index (κ3) is 3.69. The smallest absolute Gasteiger partial charge is 0.230 e. The number of para-hydroxylation sites is 1. The van der Waals surface area contributed by atoms with E-state index in [-0.39, 0.29) is 12.3 Å². The Kier molecular flexibility index (Phi) is 4.43. The monoisotopic (exact) mass is 336 g/mol. The highest BCUT2D eigenvalue weighted by molar-refractivity contribution is 5.92. The topological polar surface area (TPSA) is 79.9 Å². The van der Waals surface area contributed by atoms with Crippen LogP contribution in [-0.4, -0.2) is 34.3 Å². The minimum absolute atomic E-state index is 0.0953. The van der Waals surface area contributed by atoms with Crippen LogP contribution in [0.1, 0.15) is 30.0 Å². The van der Waals surface area contributed by atoms with E-state index in [1.165, 1.54) is 0 Å². The summed E-state index contributed by atoms with van der Waals surface area (Å²) in [4.78, 5) is 16.7. The van der Waals surface area contributed by atoms with E-state index in [4.69, 9.17) is 4.74 Å². The molecule has 1 saturated heterocycles. The van der Waals surface area contributed by atoms with Crippen molar-refractivity contribution in [2.45, 2.75) is 25.2 Å². The van der Waals surface area contributed by atoms with Gasteiger partial charge in [-0.05, 0) is 30.5 Å². The molecular weight excluding hydrogens is 316 g/mol. The normalized spacial score (nSPS) is 15.4. The van der Waals surface area contributed by atoms with Gasteiger partial charge in [-0.1, -0.05) is 18.2 Å². The predicted molar refractivity (Wildman–Crippen MR) is 95.5 cm³/mol. The molecule has 6 nitrogen and oxygen atoms in total. The zero-order chi connectivity index (χ0) is 17.1. The average Bonchev–Trinajstić information content (AvgIpc) is 3.10. The number of benzene rings is 1. The number of aromatic nitrogens is 3. The lowest BCUT2D eigenvalue weighted by atomic mass is 9.97. The number of carbonyl (C=O) groups is 1. The van der Waals surface area contributed by atoms with Crippen molar-refractivity contribution in [1.29, 1.82) is 0 Å². The van der Waals surface area contributed by atoms with Crippen LogP contribution in [0.15, 0.2) is 42.6 Å². The maximum atomic E-state index is 12.3. The first kappa shape index (κ1) is 15.8. The van der Waals surface area contributed by atoms with Crippen molar-refractivity contribution >= 4 is 22.6 Å². The molecule has 0 spiro atoms. The first-order valence-electron chi connectivity index (χ1n) is 8.54. The van der Waals surface area contributed by atoms with Crippen LogP contribution < -0.4 is 5.32 Å². The molecule has 1 amide bonds. The van der Waals surface area contributed by atoms with Crippen molar-refractivity contribution in [3.63, 3.8) is 0 Å². The first-order chi connectivity index (χ1) is 12.3. The number of hydrogen-bond acceptors (Lipinski definition) is 4. The van der Waals surface area contributed by atoms with Crippen LogP contribution in [0, 0.1) is 0 Å². The van der Waals surface area contributed by atoms with Gasteiger partial charge < -0.3 is 10.1 Å². The number of aromatic amines is 1.